The Balaban J connectivity index is 2.83. The molecule has 14 heavy (non-hydrogen) atoms. The molecule has 1 rings (SSSR count). The molecule has 0 amide bonds. The highest BCUT2D eigenvalue weighted by Gasteiger charge is 2.11. The van der Waals surface area contributed by atoms with E-state index in [0.29, 0.717) is 4.47 Å². The van der Waals surface area contributed by atoms with Crippen LogP contribution in [0.5, 0.6) is 0 Å². The molecule has 0 aromatic heterocycles. The molecular formula is C11H13BrFN. The van der Waals surface area contributed by atoms with Crippen LogP contribution < -0.4 is 5.73 Å². The Morgan fingerprint density at radius 3 is 2.93 bits per heavy atom. The van der Waals surface area contributed by atoms with Crippen molar-refractivity contribution in [2.45, 2.75) is 18.9 Å². The van der Waals surface area contributed by atoms with Crippen LogP contribution in [0.25, 0.3) is 0 Å². The number of benzene rings is 1. The molecule has 76 valence electrons. The molecule has 1 aromatic rings. The summed E-state index contributed by atoms with van der Waals surface area (Å²) in [6, 6.07) is 4.77. The summed E-state index contributed by atoms with van der Waals surface area (Å²) >= 11 is 3.19. The minimum Gasteiger partial charge on any atom is -0.324 e. The number of nitrogens with two attached hydrogens (primary N) is 1. The van der Waals surface area contributed by atoms with Crippen LogP contribution in [0.4, 0.5) is 4.39 Å². The molecule has 1 atom stereocenters. The van der Waals surface area contributed by atoms with Crippen LogP contribution in [0, 0.1) is 5.82 Å². The quantitative estimate of drug-likeness (QED) is 0.821. The van der Waals surface area contributed by atoms with Gasteiger partial charge in [0.25, 0.3) is 0 Å². The topological polar surface area (TPSA) is 26.0 Å². The minimum absolute atomic E-state index is 0.141. The number of rotatable bonds is 4. The van der Waals surface area contributed by atoms with Crippen LogP contribution in [-0.4, -0.2) is 0 Å². The number of halogens is 2. The van der Waals surface area contributed by atoms with E-state index in [0.717, 1.165) is 18.4 Å². The third kappa shape index (κ3) is 2.66. The van der Waals surface area contributed by atoms with Crippen LogP contribution >= 0.6 is 15.9 Å². The van der Waals surface area contributed by atoms with Gasteiger partial charge in [-0.15, -0.1) is 6.58 Å². The van der Waals surface area contributed by atoms with Crippen molar-refractivity contribution in [3.8, 4) is 0 Å². The summed E-state index contributed by atoms with van der Waals surface area (Å²) in [4.78, 5) is 0. The molecule has 2 N–H and O–H groups in total. The summed E-state index contributed by atoms with van der Waals surface area (Å²) in [7, 11) is 0. The van der Waals surface area contributed by atoms with Gasteiger partial charge in [0, 0.05) is 6.04 Å². The van der Waals surface area contributed by atoms with Crippen molar-refractivity contribution in [3.63, 3.8) is 0 Å². The normalized spacial score (nSPS) is 12.5. The van der Waals surface area contributed by atoms with Gasteiger partial charge in [-0.05, 0) is 40.4 Å². The van der Waals surface area contributed by atoms with E-state index < -0.39 is 0 Å². The summed E-state index contributed by atoms with van der Waals surface area (Å²) in [6.45, 7) is 3.62. The molecule has 0 radical (unpaired) electrons. The van der Waals surface area contributed by atoms with Crippen LogP contribution in [0.1, 0.15) is 24.4 Å². The Bertz CT molecular complexity index is 325. The zero-order valence-corrected chi connectivity index (χ0v) is 9.43. The molecule has 0 heterocycles. The molecule has 0 unspecified atom stereocenters. The van der Waals surface area contributed by atoms with Crippen molar-refractivity contribution in [2.24, 2.45) is 5.73 Å². The first kappa shape index (κ1) is 11.4. The van der Waals surface area contributed by atoms with Gasteiger partial charge in [0.2, 0.25) is 0 Å². The zero-order chi connectivity index (χ0) is 10.6. The van der Waals surface area contributed by atoms with Gasteiger partial charge in [-0.3, -0.25) is 0 Å². The highest BCUT2D eigenvalue weighted by Crippen LogP contribution is 2.27. The van der Waals surface area contributed by atoms with Crippen molar-refractivity contribution < 1.29 is 4.39 Å². The first-order valence-corrected chi connectivity index (χ1v) is 5.26. The van der Waals surface area contributed by atoms with Crippen molar-refractivity contribution in [3.05, 3.63) is 46.7 Å². The van der Waals surface area contributed by atoms with Crippen molar-refractivity contribution in [2.75, 3.05) is 0 Å². The fraction of sp³-hybridized carbons (Fsp3) is 0.273. The molecule has 0 aliphatic rings. The second-order valence-electron chi connectivity index (χ2n) is 3.12. The van der Waals surface area contributed by atoms with Gasteiger partial charge in [0.05, 0.1) is 4.47 Å². The average Bonchev–Trinajstić information content (AvgIpc) is 2.18. The third-order valence-electron chi connectivity index (χ3n) is 2.06. The lowest BCUT2D eigenvalue weighted by atomic mass is 10.0. The predicted molar refractivity (Wildman–Crippen MR) is 60.5 cm³/mol. The Morgan fingerprint density at radius 2 is 2.29 bits per heavy atom. The standard InChI is InChI=1S/C11H13BrFN/c1-2-3-7-10(14)8-5-4-6-9(13)11(8)12/h2,4-6,10H,1,3,7,14H2/t10-/m0/s1. The third-order valence-corrected chi connectivity index (χ3v) is 2.90. The van der Waals surface area contributed by atoms with E-state index >= 15 is 0 Å². The van der Waals surface area contributed by atoms with Crippen molar-refractivity contribution >= 4 is 15.9 Å². The van der Waals surface area contributed by atoms with E-state index in [1.165, 1.54) is 6.07 Å². The van der Waals surface area contributed by atoms with Crippen molar-refractivity contribution in [1.29, 1.82) is 0 Å². The minimum atomic E-state index is -0.267. The van der Waals surface area contributed by atoms with Gasteiger partial charge in [0.1, 0.15) is 5.82 Å². The Labute approximate surface area is 91.9 Å². The predicted octanol–water partition coefficient (Wildman–Crippen LogP) is 3.55. The van der Waals surface area contributed by atoms with E-state index in [-0.39, 0.29) is 11.9 Å². The van der Waals surface area contributed by atoms with Crippen molar-refractivity contribution in [1.82, 2.24) is 0 Å². The van der Waals surface area contributed by atoms with Crippen LogP contribution in [0.3, 0.4) is 0 Å². The Morgan fingerprint density at radius 1 is 1.57 bits per heavy atom. The average molecular weight is 258 g/mol. The Kier molecular flexibility index (Phi) is 4.29. The molecule has 0 bridgehead atoms. The molecule has 1 nitrogen and oxygen atoms in total. The van der Waals surface area contributed by atoms with Crippen LogP contribution in [-0.2, 0) is 0 Å². The molecule has 0 saturated carbocycles. The number of hydrogen-bond donors (Lipinski definition) is 1. The molecule has 0 aliphatic carbocycles. The van der Waals surface area contributed by atoms with Crippen LogP contribution in [0.2, 0.25) is 0 Å². The molecule has 3 heteroatoms. The summed E-state index contributed by atoms with van der Waals surface area (Å²) in [5.41, 5.74) is 6.72. The highest BCUT2D eigenvalue weighted by molar-refractivity contribution is 9.10. The second-order valence-corrected chi connectivity index (χ2v) is 3.91. The Hall–Kier alpha value is -0.670. The first-order valence-electron chi connectivity index (χ1n) is 4.47. The fourth-order valence-electron chi connectivity index (χ4n) is 1.26. The van der Waals surface area contributed by atoms with Gasteiger partial charge >= 0.3 is 0 Å². The molecule has 0 aliphatic heterocycles. The summed E-state index contributed by atoms with van der Waals surface area (Å²) in [6.07, 6.45) is 3.43. The highest BCUT2D eigenvalue weighted by atomic mass is 79.9. The lowest BCUT2D eigenvalue weighted by Gasteiger charge is -2.12. The summed E-state index contributed by atoms with van der Waals surface area (Å²) < 4.78 is 13.6. The monoisotopic (exact) mass is 257 g/mol. The largest absolute Gasteiger partial charge is 0.324 e. The molecule has 0 fully saturated rings. The number of allylic oxidation sites excluding steroid dienone is 1. The molecule has 0 spiro atoms. The van der Waals surface area contributed by atoms with E-state index in [4.69, 9.17) is 5.73 Å². The van der Waals surface area contributed by atoms with Gasteiger partial charge in [-0.1, -0.05) is 18.2 Å². The van der Waals surface area contributed by atoms with Gasteiger partial charge < -0.3 is 5.73 Å². The van der Waals surface area contributed by atoms with Gasteiger partial charge in [0.15, 0.2) is 0 Å². The smallest absolute Gasteiger partial charge is 0.137 e. The van der Waals surface area contributed by atoms with Gasteiger partial charge in [-0.25, -0.2) is 4.39 Å². The van der Waals surface area contributed by atoms with E-state index in [1.54, 1.807) is 6.07 Å². The zero-order valence-electron chi connectivity index (χ0n) is 7.84. The van der Waals surface area contributed by atoms with Crippen LogP contribution in [0.15, 0.2) is 35.3 Å². The maximum Gasteiger partial charge on any atom is 0.137 e. The van der Waals surface area contributed by atoms with E-state index in [2.05, 4.69) is 22.5 Å². The maximum atomic E-state index is 13.1. The second kappa shape index (κ2) is 5.27. The maximum absolute atomic E-state index is 13.1. The summed E-state index contributed by atoms with van der Waals surface area (Å²) in [5, 5.41) is 0. The fourth-order valence-corrected chi connectivity index (χ4v) is 1.82. The SMILES string of the molecule is C=CCC[C@H](N)c1cccc(F)c1Br. The van der Waals surface area contributed by atoms with E-state index in [1.807, 2.05) is 12.1 Å². The summed E-state index contributed by atoms with van der Waals surface area (Å²) in [5.74, 6) is -0.267. The van der Waals surface area contributed by atoms with E-state index in [9.17, 15) is 4.39 Å². The molecule has 0 saturated heterocycles. The first-order chi connectivity index (χ1) is 6.66. The van der Waals surface area contributed by atoms with Gasteiger partial charge in [-0.2, -0.15) is 0 Å². The lowest BCUT2D eigenvalue weighted by molar-refractivity contribution is 0.603. The lowest BCUT2D eigenvalue weighted by Crippen LogP contribution is -2.10. The number of hydrogen-bond acceptors (Lipinski definition) is 1. The molecule has 1 aromatic carbocycles. The molecular weight excluding hydrogens is 245 g/mol.